The number of benzene rings is 1. The zero-order valence-corrected chi connectivity index (χ0v) is 16.6. The van der Waals surface area contributed by atoms with E-state index in [1.807, 2.05) is 24.1 Å². The Labute approximate surface area is 170 Å². The number of nitrogens with zero attached hydrogens (tertiary/aromatic N) is 4. The van der Waals surface area contributed by atoms with Gasteiger partial charge in [0.25, 0.3) is 5.91 Å². The van der Waals surface area contributed by atoms with Gasteiger partial charge in [0.2, 0.25) is 5.78 Å². The second kappa shape index (κ2) is 7.57. The van der Waals surface area contributed by atoms with Crippen LogP contribution < -0.4 is 10.9 Å². The van der Waals surface area contributed by atoms with Gasteiger partial charge in [-0.15, -0.1) is 0 Å². The average Bonchev–Trinajstić information content (AvgIpc) is 3.38. The minimum atomic E-state index is 0.0542. The lowest BCUT2D eigenvalue weighted by atomic mass is 9.80. The molecule has 3 aromatic rings. The van der Waals surface area contributed by atoms with E-state index >= 15 is 0 Å². The van der Waals surface area contributed by atoms with Gasteiger partial charge < -0.3 is 4.90 Å². The molecule has 2 fully saturated rings. The number of hydrogen-bond acceptors (Lipinski definition) is 5. The summed E-state index contributed by atoms with van der Waals surface area (Å²) in [6, 6.07) is 12.9. The highest BCUT2D eigenvalue weighted by Gasteiger charge is 2.37. The molecule has 0 bridgehead atoms. The Morgan fingerprint density at radius 2 is 1.93 bits per heavy atom. The van der Waals surface area contributed by atoms with Gasteiger partial charge in [-0.2, -0.15) is 0 Å². The van der Waals surface area contributed by atoms with Crippen molar-refractivity contribution in [3.63, 3.8) is 0 Å². The normalized spacial score (nSPS) is 23.0. The summed E-state index contributed by atoms with van der Waals surface area (Å²) in [6.45, 7) is 4.38. The topological polar surface area (TPSA) is 74.6 Å². The first-order valence-corrected chi connectivity index (χ1v) is 10.3. The van der Waals surface area contributed by atoms with Crippen molar-refractivity contribution in [3.8, 4) is 0 Å². The molecule has 1 amide bonds. The van der Waals surface area contributed by atoms with E-state index in [1.165, 1.54) is 5.56 Å². The number of likely N-dealkylation sites (tertiary alicyclic amines) is 1. The highest BCUT2D eigenvalue weighted by Crippen LogP contribution is 2.32. The fourth-order valence-electron chi connectivity index (χ4n) is 4.85. The molecule has 0 spiro atoms. The molecule has 4 heterocycles. The van der Waals surface area contributed by atoms with Crippen molar-refractivity contribution in [2.24, 2.45) is 5.92 Å². The molecule has 2 atom stereocenters. The molecule has 29 heavy (non-hydrogen) atoms. The van der Waals surface area contributed by atoms with Crippen molar-refractivity contribution in [2.45, 2.75) is 31.7 Å². The molecule has 0 radical (unpaired) electrons. The number of fused-ring (bicyclic) bond motifs is 1. The molecule has 2 aliphatic heterocycles. The summed E-state index contributed by atoms with van der Waals surface area (Å²) in [5, 5.41) is 0. The van der Waals surface area contributed by atoms with Crippen LogP contribution in [0.1, 0.15) is 40.5 Å². The molecule has 1 aromatic carbocycles. The molecule has 7 nitrogen and oxygen atoms in total. The fourth-order valence-corrected chi connectivity index (χ4v) is 4.85. The number of piperidine rings is 1. The maximum Gasteiger partial charge on any atom is 0.272 e. The summed E-state index contributed by atoms with van der Waals surface area (Å²) >= 11 is 0. The molecular formula is C22H26N6O. The third-order valence-corrected chi connectivity index (χ3v) is 6.37. The lowest BCUT2D eigenvalue weighted by Crippen LogP contribution is -2.46. The Morgan fingerprint density at radius 1 is 1.14 bits per heavy atom. The van der Waals surface area contributed by atoms with E-state index in [2.05, 4.69) is 51.2 Å². The minimum absolute atomic E-state index is 0.0542. The number of aromatic nitrogens is 3. The van der Waals surface area contributed by atoms with Crippen LogP contribution in [0.5, 0.6) is 0 Å². The van der Waals surface area contributed by atoms with Crippen molar-refractivity contribution in [2.75, 3.05) is 19.6 Å². The van der Waals surface area contributed by atoms with Crippen LogP contribution in [0.25, 0.3) is 5.78 Å². The van der Waals surface area contributed by atoms with Gasteiger partial charge in [-0.3, -0.25) is 20.0 Å². The number of imidazole rings is 1. The van der Waals surface area contributed by atoms with Crippen LogP contribution in [0.2, 0.25) is 0 Å². The molecule has 2 unspecified atom stereocenters. The summed E-state index contributed by atoms with van der Waals surface area (Å²) in [7, 11) is 0. The first-order valence-electron chi connectivity index (χ1n) is 10.3. The monoisotopic (exact) mass is 390 g/mol. The predicted molar refractivity (Wildman–Crippen MR) is 110 cm³/mol. The van der Waals surface area contributed by atoms with Gasteiger partial charge in [-0.1, -0.05) is 30.3 Å². The zero-order valence-electron chi connectivity index (χ0n) is 16.6. The molecule has 2 aliphatic rings. The summed E-state index contributed by atoms with van der Waals surface area (Å²) in [5.74, 6) is 1.65. The van der Waals surface area contributed by atoms with Gasteiger partial charge in [-0.05, 0) is 37.3 Å². The van der Waals surface area contributed by atoms with E-state index < -0.39 is 0 Å². The second-order valence-corrected chi connectivity index (χ2v) is 8.03. The van der Waals surface area contributed by atoms with Crippen molar-refractivity contribution >= 4 is 11.7 Å². The third kappa shape index (κ3) is 3.30. The molecule has 0 aliphatic carbocycles. The zero-order chi connectivity index (χ0) is 19.8. The van der Waals surface area contributed by atoms with Gasteiger partial charge in [0.1, 0.15) is 5.69 Å². The van der Waals surface area contributed by atoms with E-state index in [1.54, 1.807) is 10.6 Å². The van der Waals surface area contributed by atoms with Crippen molar-refractivity contribution in [1.82, 2.24) is 30.1 Å². The number of aryl methyl sites for hydroxylation is 1. The van der Waals surface area contributed by atoms with Crippen LogP contribution in [0.3, 0.4) is 0 Å². The molecule has 7 heteroatoms. The van der Waals surface area contributed by atoms with Crippen LogP contribution in [-0.4, -0.2) is 50.9 Å². The Morgan fingerprint density at radius 3 is 2.72 bits per heavy atom. The van der Waals surface area contributed by atoms with Gasteiger partial charge in [0.15, 0.2) is 0 Å². The summed E-state index contributed by atoms with van der Waals surface area (Å²) in [6.07, 6.45) is 5.57. The van der Waals surface area contributed by atoms with E-state index in [9.17, 15) is 4.79 Å². The van der Waals surface area contributed by atoms with Crippen molar-refractivity contribution in [3.05, 3.63) is 65.7 Å². The predicted octanol–water partition coefficient (Wildman–Crippen LogP) is 2.15. The molecule has 2 aromatic heterocycles. The molecular weight excluding hydrogens is 364 g/mol. The van der Waals surface area contributed by atoms with E-state index in [-0.39, 0.29) is 5.91 Å². The molecule has 0 saturated carbocycles. The summed E-state index contributed by atoms with van der Waals surface area (Å²) in [5.41, 5.74) is 9.61. The van der Waals surface area contributed by atoms with Gasteiger partial charge in [0.05, 0.1) is 5.69 Å². The van der Waals surface area contributed by atoms with E-state index in [0.717, 1.165) is 38.2 Å². The summed E-state index contributed by atoms with van der Waals surface area (Å²) in [4.78, 5) is 23.9. The quantitative estimate of drug-likeness (QED) is 0.717. The lowest BCUT2D eigenvalue weighted by Gasteiger charge is -2.36. The van der Waals surface area contributed by atoms with Crippen LogP contribution in [-0.2, 0) is 0 Å². The maximum atomic E-state index is 13.2. The average molecular weight is 390 g/mol. The van der Waals surface area contributed by atoms with Crippen molar-refractivity contribution in [1.29, 1.82) is 0 Å². The Balaban J connectivity index is 1.29. The second-order valence-electron chi connectivity index (χ2n) is 8.03. The number of nitrogens with one attached hydrogen (secondary N) is 2. The highest BCUT2D eigenvalue weighted by atomic mass is 16.2. The number of rotatable bonds is 3. The molecule has 150 valence electrons. The lowest BCUT2D eigenvalue weighted by molar-refractivity contribution is 0.0662. The smallest absolute Gasteiger partial charge is 0.272 e. The fraction of sp³-hybridized carbons (Fsp3) is 0.409. The van der Waals surface area contributed by atoms with E-state index in [4.69, 9.17) is 0 Å². The van der Waals surface area contributed by atoms with Gasteiger partial charge in [0, 0.05) is 44.0 Å². The maximum absolute atomic E-state index is 13.2. The number of hydrogen-bond donors (Lipinski definition) is 2. The van der Waals surface area contributed by atoms with Crippen molar-refractivity contribution < 1.29 is 4.79 Å². The first-order chi connectivity index (χ1) is 14.2. The molecule has 2 saturated heterocycles. The number of hydrazine groups is 1. The van der Waals surface area contributed by atoms with Gasteiger partial charge >= 0.3 is 0 Å². The Kier molecular flexibility index (Phi) is 4.77. The SMILES string of the molecule is Cc1nc2ncccn2c1C(=O)N1CCC(C2NNCC2c2ccccc2)CC1. The first kappa shape index (κ1) is 18.3. The summed E-state index contributed by atoms with van der Waals surface area (Å²) < 4.78 is 1.80. The van der Waals surface area contributed by atoms with Gasteiger partial charge in [-0.25, -0.2) is 9.97 Å². The largest absolute Gasteiger partial charge is 0.337 e. The number of carbonyl (C=O) groups is 1. The van der Waals surface area contributed by atoms with Crippen LogP contribution in [0, 0.1) is 12.8 Å². The molecule has 5 rings (SSSR count). The van der Waals surface area contributed by atoms with E-state index in [0.29, 0.717) is 29.3 Å². The minimum Gasteiger partial charge on any atom is -0.337 e. The van der Waals surface area contributed by atoms with Crippen LogP contribution >= 0.6 is 0 Å². The number of carbonyl (C=O) groups excluding carboxylic acids is 1. The number of amides is 1. The standard InChI is InChI=1S/C22H26N6O/c1-15-20(28-11-5-10-23-22(28)25-15)21(29)27-12-8-17(9-13-27)19-18(14-24-26-19)16-6-3-2-4-7-16/h2-7,10-11,17-19,24,26H,8-9,12-14H2,1H3. The Bertz CT molecular complexity index is 1010. The van der Waals surface area contributed by atoms with Crippen LogP contribution in [0.4, 0.5) is 0 Å². The highest BCUT2D eigenvalue weighted by molar-refractivity contribution is 5.94. The third-order valence-electron chi connectivity index (χ3n) is 6.37. The molecule has 2 N–H and O–H groups in total. The van der Waals surface area contributed by atoms with Crippen LogP contribution in [0.15, 0.2) is 48.8 Å². The Hall–Kier alpha value is -2.77.